The Balaban J connectivity index is 2.06. The summed E-state index contributed by atoms with van der Waals surface area (Å²) in [6, 6.07) is 0.547. The fourth-order valence-electron chi connectivity index (χ4n) is 2.23. The van der Waals surface area contributed by atoms with Gasteiger partial charge < -0.3 is 19.7 Å². The highest BCUT2D eigenvalue weighted by atomic mass is 16.5. The molecule has 0 aliphatic carbocycles. The summed E-state index contributed by atoms with van der Waals surface area (Å²) < 4.78 is 10.1. The molecule has 0 radical (unpaired) electrons. The average Bonchev–Trinajstić information content (AvgIpc) is 2.47. The largest absolute Gasteiger partial charge is 0.467 e. The molecule has 2 heterocycles. The Morgan fingerprint density at radius 3 is 2.42 bits per heavy atom. The number of nitrogens with one attached hydrogen (secondary N) is 1. The van der Waals surface area contributed by atoms with Crippen molar-refractivity contribution in [2.45, 2.75) is 12.8 Å². The van der Waals surface area contributed by atoms with E-state index in [-0.39, 0.29) is 12.0 Å². The number of nitrogens with zero attached hydrogens (tertiary/aromatic N) is 4. The Bertz CT molecular complexity index is 387. The molecule has 1 aromatic rings. The molecule has 1 aromatic heterocycles. The summed E-state index contributed by atoms with van der Waals surface area (Å²) >= 11 is 0. The Morgan fingerprint density at radius 2 is 1.89 bits per heavy atom. The minimum Gasteiger partial charge on any atom is -0.467 e. The van der Waals surface area contributed by atoms with Crippen LogP contribution in [0.3, 0.4) is 0 Å². The molecule has 1 aliphatic rings. The first-order valence-corrected chi connectivity index (χ1v) is 6.49. The highest BCUT2D eigenvalue weighted by Crippen LogP contribution is 2.18. The van der Waals surface area contributed by atoms with Crippen molar-refractivity contribution >= 4 is 5.95 Å². The maximum absolute atomic E-state index is 5.06. The monoisotopic (exact) mass is 267 g/mol. The Labute approximate surface area is 113 Å². The van der Waals surface area contributed by atoms with E-state index in [1.54, 1.807) is 0 Å². The number of methoxy groups -OCH3 is 2. The smallest absolute Gasteiger partial charge is 0.324 e. The van der Waals surface area contributed by atoms with Crippen LogP contribution in [0.2, 0.25) is 0 Å². The van der Waals surface area contributed by atoms with Crippen LogP contribution in [0.15, 0.2) is 0 Å². The first-order valence-electron chi connectivity index (χ1n) is 6.49. The number of piperidine rings is 1. The van der Waals surface area contributed by atoms with Crippen LogP contribution in [0.5, 0.6) is 12.0 Å². The molecule has 2 rings (SSSR count). The number of rotatable bonds is 5. The minimum atomic E-state index is 0.274. The van der Waals surface area contributed by atoms with E-state index in [0.717, 1.165) is 19.6 Å². The van der Waals surface area contributed by atoms with Gasteiger partial charge in [-0.1, -0.05) is 0 Å². The van der Waals surface area contributed by atoms with E-state index in [2.05, 4.69) is 20.3 Å². The highest BCUT2D eigenvalue weighted by molar-refractivity contribution is 5.31. The zero-order valence-electron chi connectivity index (χ0n) is 11.7. The molecule has 0 spiro atoms. The lowest BCUT2D eigenvalue weighted by atomic mass is 9.99. The maximum Gasteiger partial charge on any atom is 0.324 e. The number of hydrogen-bond donors (Lipinski definition) is 1. The number of anilines is 1. The molecule has 1 atom stereocenters. The van der Waals surface area contributed by atoms with Gasteiger partial charge >= 0.3 is 12.0 Å². The van der Waals surface area contributed by atoms with Gasteiger partial charge in [-0.3, -0.25) is 0 Å². The third-order valence-corrected chi connectivity index (χ3v) is 3.22. The van der Waals surface area contributed by atoms with Gasteiger partial charge in [0, 0.05) is 13.6 Å². The van der Waals surface area contributed by atoms with Crippen molar-refractivity contribution in [1.82, 2.24) is 20.3 Å². The van der Waals surface area contributed by atoms with Crippen molar-refractivity contribution in [3.8, 4) is 12.0 Å². The molecule has 1 unspecified atom stereocenters. The van der Waals surface area contributed by atoms with Crippen LogP contribution < -0.4 is 19.7 Å². The lowest BCUT2D eigenvalue weighted by molar-refractivity contribution is 0.338. The van der Waals surface area contributed by atoms with Crippen molar-refractivity contribution in [2.24, 2.45) is 5.92 Å². The zero-order chi connectivity index (χ0) is 13.7. The van der Waals surface area contributed by atoms with Crippen LogP contribution in [0.4, 0.5) is 5.95 Å². The molecule has 0 aromatic carbocycles. The molecule has 1 saturated heterocycles. The second-order valence-electron chi connectivity index (χ2n) is 4.70. The molecule has 1 aliphatic heterocycles. The van der Waals surface area contributed by atoms with Gasteiger partial charge in [0.05, 0.1) is 14.2 Å². The van der Waals surface area contributed by atoms with E-state index in [4.69, 9.17) is 9.47 Å². The standard InChI is InChI=1S/C12H21N5O2/c1-17(8-9-5-4-6-13-7-9)10-14-11(18-2)16-12(15-10)19-3/h9,13H,4-8H2,1-3H3. The van der Waals surface area contributed by atoms with Gasteiger partial charge in [0.25, 0.3) is 0 Å². The lowest BCUT2D eigenvalue weighted by Gasteiger charge is -2.27. The molecular formula is C12H21N5O2. The molecule has 106 valence electrons. The topological polar surface area (TPSA) is 72.4 Å². The maximum atomic E-state index is 5.06. The molecule has 1 fully saturated rings. The summed E-state index contributed by atoms with van der Waals surface area (Å²) in [7, 11) is 5.04. The fraction of sp³-hybridized carbons (Fsp3) is 0.750. The fourth-order valence-corrected chi connectivity index (χ4v) is 2.23. The van der Waals surface area contributed by atoms with Crippen molar-refractivity contribution in [3.05, 3.63) is 0 Å². The SMILES string of the molecule is COc1nc(OC)nc(N(C)CC2CCCNC2)n1. The normalized spacial score (nSPS) is 19.0. The number of ether oxygens (including phenoxy) is 2. The number of hydrogen-bond acceptors (Lipinski definition) is 7. The second kappa shape index (κ2) is 6.51. The molecule has 1 N–H and O–H groups in total. The van der Waals surface area contributed by atoms with Crippen molar-refractivity contribution in [1.29, 1.82) is 0 Å². The Morgan fingerprint density at radius 1 is 1.21 bits per heavy atom. The third kappa shape index (κ3) is 3.66. The molecule has 0 saturated carbocycles. The lowest BCUT2D eigenvalue weighted by Crippen LogP contribution is -2.37. The molecule has 0 bridgehead atoms. The zero-order valence-corrected chi connectivity index (χ0v) is 11.7. The van der Waals surface area contributed by atoms with Crippen LogP contribution in [0, 0.1) is 5.92 Å². The summed E-state index contributed by atoms with van der Waals surface area (Å²) in [6.07, 6.45) is 2.46. The van der Waals surface area contributed by atoms with E-state index < -0.39 is 0 Å². The van der Waals surface area contributed by atoms with Crippen LogP contribution in [0.25, 0.3) is 0 Å². The first kappa shape index (κ1) is 13.8. The van der Waals surface area contributed by atoms with Gasteiger partial charge in [0.1, 0.15) is 0 Å². The van der Waals surface area contributed by atoms with E-state index in [1.807, 2.05) is 11.9 Å². The third-order valence-electron chi connectivity index (χ3n) is 3.22. The van der Waals surface area contributed by atoms with E-state index >= 15 is 0 Å². The van der Waals surface area contributed by atoms with E-state index in [9.17, 15) is 0 Å². The average molecular weight is 267 g/mol. The van der Waals surface area contributed by atoms with Crippen molar-refractivity contribution in [3.63, 3.8) is 0 Å². The van der Waals surface area contributed by atoms with Gasteiger partial charge in [0.15, 0.2) is 0 Å². The quantitative estimate of drug-likeness (QED) is 0.824. The van der Waals surface area contributed by atoms with Gasteiger partial charge in [-0.2, -0.15) is 9.97 Å². The van der Waals surface area contributed by atoms with Crippen LogP contribution in [-0.4, -0.2) is 55.9 Å². The van der Waals surface area contributed by atoms with Crippen molar-refractivity contribution in [2.75, 3.05) is 45.8 Å². The molecule has 0 amide bonds. The van der Waals surface area contributed by atoms with Gasteiger partial charge in [-0.15, -0.1) is 4.98 Å². The Hall–Kier alpha value is -1.63. The first-order chi connectivity index (χ1) is 9.22. The van der Waals surface area contributed by atoms with Crippen molar-refractivity contribution < 1.29 is 9.47 Å². The summed E-state index contributed by atoms with van der Waals surface area (Å²) in [6.45, 7) is 3.07. The molecule has 19 heavy (non-hydrogen) atoms. The van der Waals surface area contributed by atoms with E-state index in [1.165, 1.54) is 27.1 Å². The minimum absolute atomic E-state index is 0.274. The summed E-state index contributed by atoms with van der Waals surface area (Å²) in [5.41, 5.74) is 0. The molecular weight excluding hydrogens is 246 g/mol. The summed E-state index contributed by atoms with van der Waals surface area (Å²) in [4.78, 5) is 14.5. The van der Waals surface area contributed by atoms with Gasteiger partial charge in [-0.25, -0.2) is 0 Å². The summed E-state index contributed by atoms with van der Waals surface area (Å²) in [5.74, 6) is 1.20. The van der Waals surface area contributed by atoms with E-state index in [0.29, 0.717) is 11.9 Å². The highest BCUT2D eigenvalue weighted by Gasteiger charge is 2.18. The Kier molecular flexibility index (Phi) is 4.73. The van der Waals surface area contributed by atoms with Crippen LogP contribution in [-0.2, 0) is 0 Å². The summed E-state index contributed by atoms with van der Waals surface area (Å²) in [5, 5.41) is 3.41. The van der Waals surface area contributed by atoms with Gasteiger partial charge in [-0.05, 0) is 31.8 Å². The van der Waals surface area contributed by atoms with Crippen LogP contribution in [0.1, 0.15) is 12.8 Å². The van der Waals surface area contributed by atoms with Crippen LogP contribution >= 0.6 is 0 Å². The second-order valence-corrected chi connectivity index (χ2v) is 4.70. The number of aromatic nitrogens is 3. The molecule has 7 nitrogen and oxygen atoms in total. The molecule has 7 heteroatoms. The predicted octanol–water partition coefficient (Wildman–Crippen LogP) is 0.325. The predicted molar refractivity (Wildman–Crippen MR) is 71.8 cm³/mol. The van der Waals surface area contributed by atoms with Gasteiger partial charge in [0.2, 0.25) is 5.95 Å².